The maximum atomic E-state index is 5.72. The molecular weight excluding hydrogens is 204 g/mol. The van der Waals surface area contributed by atoms with Gasteiger partial charge in [-0.05, 0) is 20.3 Å². The molecule has 1 aliphatic heterocycles. The van der Waals surface area contributed by atoms with Gasteiger partial charge in [-0.25, -0.2) is 9.97 Å². The van der Waals surface area contributed by atoms with Crippen molar-refractivity contribution < 1.29 is 4.74 Å². The molecule has 2 atom stereocenters. The van der Waals surface area contributed by atoms with E-state index in [1.165, 1.54) is 0 Å². The second-order valence-electron chi connectivity index (χ2n) is 4.24. The van der Waals surface area contributed by atoms with Crippen molar-refractivity contribution in [3.8, 4) is 0 Å². The van der Waals surface area contributed by atoms with Gasteiger partial charge < -0.3 is 15.4 Å². The third kappa shape index (κ3) is 2.09. The van der Waals surface area contributed by atoms with Gasteiger partial charge in [-0.2, -0.15) is 0 Å². The summed E-state index contributed by atoms with van der Waals surface area (Å²) >= 11 is 0. The summed E-state index contributed by atoms with van der Waals surface area (Å²) in [6, 6.07) is 2.17. The normalized spacial score (nSPS) is 24.7. The zero-order valence-electron chi connectivity index (χ0n) is 9.97. The Morgan fingerprint density at radius 1 is 1.50 bits per heavy atom. The number of rotatable bonds is 2. The molecule has 0 radical (unpaired) electrons. The summed E-state index contributed by atoms with van der Waals surface area (Å²) in [5.74, 6) is 2.08. The number of aryl methyl sites for hydroxylation is 1. The summed E-state index contributed by atoms with van der Waals surface area (Å²) in [6.45, 7) is 4.75. The Labute approximate surface area is 95.6 Å². The number of nitrogens with zero attached hydrogens (tertiary/aromatic N) is 3. The number of aromatic nitrogens is 2. The molecule has 1 aliphatic rings. The Bertz CT molecular complexity index is 362. The van der Waals surface area contributed by atoms with Crippen LogP contribution < -0.4 is 10.6 Å². The molecule has 5 nitrogen and oxygen atoms in total. The van der Waals surface area contributed by atoms with Crippen LogP contribution in [0.15, 0.2) is 6.07 Å². The lowest BCUT2D eigenvalue weighted by atomic mass is 10.1. The van der Waals surface area contributed by atoms with Gasteiger partial charge in [0.1, 0.15) is 17.5 Å². The van der Waals surface area contributed by atoms with Crippen LogP contribution in [-0.2, 0) is 4.74 Å². The fourth-order valence-corrected chi connectivity index (χ4v) is 2.15. The molecule has 0 amide bonds. The summed E-state index contributed by atoms with van der Waals surface area (Å²) in [5.41, 5.74) is 5.72. The van der Waals surface area contributed by atoms with Crippen LogP contribution in [0.5, 0.6) is 0 Å². The van der Waals surface area contributed by atoms with E-state index in [9.17, 15) is 0 Å². The zero-order chi connectivity index (χ0) is 11.7. The van der Waals surface area contributed by atoms with Gasteiger partial charge in [0.2, 0.25) is 0 Å². The van der Waals surface area contributed by atoms with Crippen LogP contribution in [0.25, 0.3) is 0 Å². The topological polar surface area (TPSA) is 64.3 Å². The third-order valence-electron chi connectivity index (χ3n) is 3.04. The third-order valence-corrected chi connectivity index (χ3v) is 3.04. The molecule has 2 unspecified atom stereocenters. The Hall–Kier alpha value is -1.36. The van der Waals surface area contributed by atoms with Gasteiger partial charge in [0.05, 0.1) is 12.1 Å². The van der Waals surface area contributed by atoms with Gasteiger partial charge >= 0.3 is 0 Å². The SMILES string of the molecule is Cc1nc(N)cc(N(C)C2CCOC2C)n1. The monoisotopic (exact) mass is 222 g/mol. The van der Waals surface area contributed by atoms with E-state index in [-0.39, 0.29) is 6.10 Å². The van der Waals surface area contributed by atoms with E-state index >= 15 is 0 Å². The quantitative estimate of drug-likeness (QED) is 0.808. The van der Waals surface area contributed by atoms with Crippen LogP contribution in [-0.4, -0.2) is 35.8 Å². The van der Waals surface area contributed by atoms with Gasteiger partial charge in [-0.3, -0.25) is 0 Å². The van der Waals surface area contributed by atoms with Crippen molar-refractivity contribution in [2.45, 2.75) is 32.4 Å². The van der Waals surface area contributed by atoms with Crippen LogP contribution in [0.1, 0.15) is 19.2 Å². The van der Waals surface area contributed by atoms with Crippen molar-refractivity contribution in [1.29, 1.82) is 0 Å². The average molecular weight is 222 g/mol. The van der Waals surface area contributed by atoms with E-state index in [1.807, 2.05) is 14.0 Å². The molecular formula is C11H18N4O. The van der Waals surface area contributed by atoms with Gasteiger partial charge in [0.25, 0.3) is 0 Å². The predicted octanol–water partition coefficient (Wildman–Crippen LogP) is 0.981. The van der Waals surface area contributed by atoms with E-state index in [4.69, 9.17) is 10.5 Å². The van der Waals surface area contributed by atoms with Crippen molar-refractivity contribution >= 4 is 11.6 Å². The molecule has 5 heteroatoms. The van der Waals surface area contributed by atoms with Crippen molar-refractivity contribution in [2.24, 2.45) is 0 Å². The molecule has 1 aromatic rings. The predicted molar refractivity (Wildman–Crippen MR) is 63.4 cm³/mol. The number of likely N-dealkylation sites (N-methyl/N-ethyl adjacent to an activating group) is 1. The minimum Gasteiger partial charge on any atom is -0.384 e. The van der Waals surface area contributed by atoms with E-state index < -0.39 is 0 Å². The molecule has 1 aromatic heterocycles. The molecule has 1 fully saturated rings. The largest absolute Gasteiger partial charge is 0.384 e. The highest BCUT2D eigenvalue weighted by Gasteiger charge is 2.28. The first-order valence-corrected chi connectivity index (χ1v) is 5.53. The molecule has 88 valence electrons. The minimum atomic E-state index is 0.237. The maximum absolute atomic E-state index is 5.72. The second-order valence-corrected chi connectivity index (χ2v) is 4.24. The Morgan fingerprint density at radius 2 is 2.25 bits per heavy atom. The zero-order valence-corrected chi connectivity index (χ0v) is 9.97. The average Bonchev–Trinajstić information content (AvgIpc) is 2.62. The van der Waals surface area contributed by atoms with Crippen molar-refractivity contribution in [3.05, 3.63) is 11.9 Å². The second kappa shape index (κ2) is 4.25. The number of anilines is 2. The molecule has 0 bridgehead atoms. The molecule has 2 rings (SSSR count). The van der Waals surface area contributed by atoms with E-state index in [2.05, 4.69) is 21.8 Å². The molecule has 2 N–H and O–H groups in total. The van der Waals surface area contributed by atoms with Crippen LogP contribution >= 0.6 is 0 Å². The summed E-state index contributed by atoms with van der Waals surface area (Å²) < 4.78 is 5.55. The van der Waals surface area contributed by atoms with Crippen molar-refractivity contribution in [2.75, 3.05) is 24.3 Å². The highest BCUT2D eigenvalue weighted by Crippen LogP contribution is 2.23. The lowest BCUT2D eigenvalue weighted by molar-refractivity contribution is 0.118. The number of nitrogens with two attached hydrogens (primary N) is 1. The van der Waals surface area contributed by atoms with Crippen LogP contribution in [0.3, 0.4) is 0 Å². The summed E-state index contributed by atoms with van der Waals surface area (Å²) in [7, 11) is 2.02. The molecule has 0 aromatic carbocycles. The van der Waals surface area contributed by atoms with E-state index in [1.54, 1.807) is 6.07 Å². The number of hydrogen-bond acceptors (Lipinski definition) is 5. The van der Waals surface area contributed by atoms with Crippen LogP contribution in [0.4, 0.5) is 11.6 Å². The number of ether oxygens (including phenoxy) is 1. The molecule has 1 saturated heterocycles. The summed E-state index contributed by atoms with van der Waals surface area (Å²) in [4.78, 5) is 10.6. The molecule has 0 aliphatic carbocycles. The molecule has 0 saturated carbocycles. The lowest BCUT2D eigenvalue weighted by Gasteiger charge is -2.27. The highest BCUT2D eigenvalue weighted by molar-refractivity contribution is 5.47. The fourth-order valence-electron chi connectivity index (χ4n) is 2.15. The van der Waals surface area contributed by atoms with Crippen molar-refractivity contribution in [1.82, 2.24) is 9.97 Å². The maximum Gasteiger partial charge on any atom is 0.134 e. The smallest absolute Gasteiger partial charge is 0.134 e. The Morgan fingerprint density at radius 3 is 2.81 bits per heavy atom. The van der Waals surface area contributed by atoms with Gasteiger partial charge in [-0.1, -0.05) is 0 Å². The first-order chi connectivity index (χ1) is 7.58. The first kappa shape index (κ1) is 11.1. The molecule has 16 heavy (non-hydrogen) atoms. The Kier molecular flexibility index (Phi) is 2.96. The highest BCUT2D eigenvalue weighted by atomic mass is 16.5. The van der Waals surface area contributed by atoms with Crippen molar-refractivity contribution in [3.63, 3.8) is 0 Å². The van der Waals surface area contributed by atoms with Gasteiger partial charge in [-0.15, -0.1) is 0 Å². The first-order valence-electron chi connectivity index (χ1n) is 5.53. The van der Waals surface area contributed by atoms with Gasteiger partial charge in [0, 0.05) is 19.7 Å². The minimum absolute atomic E-state index is 0.237. The van der Waals surface area contributed by atoms with Crippen LogP contribution in [0.2, 0.25) is 0 Å². The summed E-state index contributed by atoms with van der Waals surface area (Å²) in [5, 5.41) is 0. The molecule has 2 heterocycles. The van der Waals surface area contributed by atoms with E-state index in [0.717, 1.165) is 18.8 Å². The van der Waals surface area contributed by atoms with Crippen LogP contribution in [0, 0.1) is 6.92 Å². The van der Waals surface area contributed by atoms with E-state index in [0.29, 0.717) is 17.7 Å². The van der Waals surface area contributed by atoms with Gasteiger partial charge in [0.15, 0.2) is 0 Å². The Balaban J connectivity index is 2.22. The number of nitrogen functional groups attached to an aromatic ring is 1. The molecule has 0 spiro atoms. The summed E-state index contributed by atoms with van der Waals surface area (Å²) in [6.07, 6.45) is 1.27. The lowest BCUT2D eigenvalue weighted by Crippen LogP contribution is -2.37. The number of hydrogen-bond donors (Lipinski definition) is 1. The standard InChI is InChI=1S/C11H18N4O/c1-7-9(4-5-16-7)15(3)11-6-10(12)13-8(2)14-11/h6-7,9H,4-5H2,1-3H3,(H2,12,13,14). The fraction of sp³-hybridized carbons (Fsp3) is 0.636.